The Bertz CT molecular complexity index is 1150. The van der Waals surface area contributed by atoms with E-state index in [0.29, 0.717) is 16.9 Å². The summed E-state index contributed by atoms with van der Waals surface area (Å²) in [6, 6.07) is 9.21. The highest BCUT2D eigenvalue weighted by Crippen LogP contribution is 2.36. The van der Waals surface area contributed by atoms with Crippen molar-refractivity contribution in [2.24, 2.45) is 5.10 Å². The molecule has 162 valence electrons. The zero-order valence-electron chi connectivity index (χ0n) is 17.1. The number of hydrogen-bond donors (Lipinski definition) is 1. The third-order valence-corrected chi connectivity index (χ3v) is 6.15. The van der Waals surface area contributed by atoms with Gasteiger partial charge in [-0.05, 0) is 53.0 Å². The number of halogens is 2. The third kappa shape index (κ3) is 4.57. The molecule has 2 aromatic carbocycles. The molecule has 31 heavy (non-hydrogen) atoms. The van der Waals surface area contributed by atoms with Crippen LogP contribution in [0, 0.1) is 0 Å². The molecule has 0 unspecified atom stereocenters. The number of ether oxygens (including phenoxy) is 2. The summed E-state index contributed by atoms with van der Waals surface area (Å²) in [5.41, 5.74) is 4.79. The number of nitrogens with one attached hydrogen (secondary N) is 1. The Balaban J connectivity index is 1.54. The van der Waals surface area contributed by atoms with Crippen LogP contribution in [-0.4, -0.2) is 39.4 Å². The van der Waals surface area contributed by atoms with Crippen LogP contribution in [0.3, 0.4) is 0 Å². The Morgan fingerprint density at radius 2 is 1.84 bits per heavy atom. The predicted octanol–water partition coefficient (Wildman–Crippen LogP) is 5.34. The van der Waals surface area contributed by atoms with Crippen LogP contribution >= 0.6 is 31.9 Å². The SMILES string of the molecule is COc1cc(N2CCCC2)c(OC)cc1/C=N\NC(=O)c1cc2cc(Br)cc(Br)c2o1. The van der Waals surface area contributed by atoms with E-state index in [0.717, 1.165) is 51.7 Å². The number of anilines is 1. The average Bonchev–Trinajstić information content (AvgIpc) is 3.43. The van der Waals surface area contributed by atoms with Crippen molar-refractivity contribution >= 4 is 60.6 Å². The molecule has 0 atom stereocenters. The summed E-state index contributed by atoms with van der Waals surface area (Å²) in [5, 5.41) is 4.89. The highest BCUT2D eigenvalue weighted by molar-refractivity contribution is 9.11. The van der Waals surface area contributed by atoms with Crippen LogP contribution in [0.25, 0.3) is 11.0 Å². The van der Waals surface area contributed by atoms with E-state index in [4.69, 9.17) is 13.9 Å². The van der Waals surface area contributed by atoms with Crippen LogP contribution in [0.5, 0.6) is 11.5 Å². The second-order valence-corrected chi connectivity index (χ2v) is 8.85. The number of benzene rings is 2. The van der Waals surface area contributed by atoms with Crippen molar-refractivity contribution in [1.82, 2.24) is 5.43 Å². The first-order valence-corrected chi connectivity index (χ1v) is 11.3. The van der Waals surface area contributed by atoms with Gasteiger partial charge in [0.1, 0.15) is 17.1 Å². The van der Waals surface area contributed by atoms with Crippen LogP contribution in [0.2, 0.25) is 0 Å². The highest BCUT2D eigenvalue weighted by Gasteiger charge is 2.19. The average molecular weight is 551 g/mol. The molecule has 1 fully saturated rings. The molecular weight excluding hydrogens is 530 g/mol. The van der Waals surface area contributed by atoms with Crippen LogP contribution in [0.15, 0.2) is 48.8 Å². The van der Waals surface area contributed by atoms with Gasteiger partial charge >= 0.3 is 5.91 Å². The number of hydrazone groups is 1. The minimum Gasteiger partial charge on any atom is -0.496 e. The molecule has 1 N–H and O–H groups in total. The summed E-state index contributed by atoms with van der Waals surface area (Å²) in [7, 11) is 3.25. The van der Waals surface area contributed by atoms with Gasteiger partial charge in [0.15, 0.2) is 5.76 Å². The molecule has 7 nitrogen and oxygen atoms in total. The lowest BCUT2D eigenvalue weighted by molar-refractivity contribution is 0.0929. The van der Waals surface area contributed by atoms with Gasteiger partial charge in [-0.15, -0.1) is 0 Å². The van der Waals surface area contributed by atoms with Crippen molar-refractivity contribution in [2.75, 3.05) is 32.2 Å². The van der Waals surface area contributed by atoms with Crippen LogP contribution in [0.4, 0.5) is 5.69 Å². The largest absolute Gasteiger partial charge is 0.496 e. The second-order valence-electron chi connectivity index (χ2n) is 7.08. The first-order valence-electron chi connectivity index (χ1n) is 9.73. The van der Waals surface area contributed by atoms with Crippen LogP contribution in [-0.2, 0) is 0 Å². The Hall–Kier alpha value is -2.52. The Kier molecular flexibility index (Phi) is 6.52. The van der Waals surface area contributed by atoms with Gasteiger partial charge in [-0.25, -0.2) is 5.43 Å². The van der Waals surface area contributed by atoms with Crippen molar-refractivity contribution in [2.45, 2.75) is 12.8 Å². The van der Waals surface area contributed by atoms with Gasteiger partial charge < -0.3 is 18.8 Å². The number of amides is 1. The first kappa shape index (κ1) is 21.7. The van der Waals surface area contributed by atoms with E-state index >= 15 is 0 Å². The maximum absolute atomic E-state index is 12.5. The molecule has 0 saturated carbocycles. The number of rotatable bonds is 6. The van der Waals surface area contributed by atoms with Gasteiger partial charge in [-0.1, -0.05) is 15.9 Å². The lowest BCUT2D eigenvalue weighted by atomic mass is 10.1. The lowest BCUT2D eigenvalue weighted by Gasteiger charge is -2.22. The third-order valence-electron chi connectivity index (χ3n) is 5.11. The number of furan rings is 1. The fourth-order valence-electron chi connectivity index (χ4n) is 3.61. The van der Waals surface area contributed by atoms with E-state index < -0.39 is 5.91 Å². The monoisotopic (exact) mass is 549 g/mol. The van der Waals surface area contributed by atoms with Gasteiger partial charge in [-0.2, -0.15) is 5.10 Å². The van der Waals surface area contributed by atoms with Gasteiger partial charge in [0.25, 0.3) is 0 Å². The molecular formula is C22H21Br2N3O4. The van der Waals surface area contributed by atoms with E-state index in [1.807, 2.05) is 24.3 Å². The van der Waals surface area contributed by atoms with Gasteiger partial charge in [0, 0.05) is 34.6 Å². The zero-order chi connectivity index (χ0) is 22.0. The lowest BCUT2D eigenvalue weighted by Crippen LogP contribution is -2.19. The van der Waals surface area contributed by atoms with Crippen molar-refractivity contribution in [1.29, 1.82) is 0 Å². The summed E-state index contributed by atoms with van der Waals surface area (Å²) >= 11 is 6.87. The number of carbonyl (C=O) groups is 1. The summed E-state index contributed by atoms with van der Waals surface area (Å²) in [4.78, 5) is 14.8. The van der Waals surface area contributed by atoms with Gasteiger partial charge in [0.2, 0.25) is 0 Å². The molecule has 1 amide bonds. The molecule has 1 saturated heterocycles. The summed E-state index contributed by atoms with van der Waals surface area (Å²) in [6.45, 7) is 1.99. The summed E-state index contributed by atoms with van der Waals surface area (Å²) < 4.78 is 18.4. The molecule has 4 rings (SSSR count). The van der Waals surface area contributed by atoms with Crippen LogP contribution in [0.1, 0.15) is 29.0 Å². The smallest absolute Gasteiger partial charge is 0.307 e. The van der Waals surface area contributed by atoms with E-state index in [2.05, 4.69) is 47.3 Å². The van der Waals surface area contributed by atoms with E-state index in [9.17, 15) is 4.79 Å². The van der Waals surface area contributed by atoms with Crippen molar-refractivity contribution < 1.29 is 18.7 Å². The minimum atomic E-state index is -0.449. The fourth-order valence-corrected chi connectivity index (χ4v) is 4.95. The maximum Gasteiger partial charge on any atom is 0.307 e. The molecule has 0 aliphatic carbocycles. The quantitative estimate of drug-likeness (QED) is 0.331. The molecule has 9 heteroatoms. The second kappa shape index (κ2) is 9.32. The van der Waals surface area contributed by atoms with Crippen molar-refractivity contribution in [3.8, 4) is 11.5 Å². The predicted molar refractivity (Wildman–Crippen MR) is 128 cm³/mol. The van der Waals surface area contributed by atoms with E-state index in [1.165, 1.54) is 6.21 Å². The van der Waals surface area contributed by atoms with Gasteiger partial charge in [-0.3, -0.25) is 4.79 Å². The summed E-state index contributed by atoms with van der Waals surface area (Å²) in [5.74, 6) is 1.11. The number of methoxy groups -OCH3 is 2. The Morgan fingerprint density at radius 1 is 1.10 bits per heavy atom. The first-order chi connectivity index (χ1) is 15.0. The normalized spacial score (nSPS) is 13.9. The topological polar surface area (TPSA) is 76.3 Å². The molecule has 1 aliphatic rings. The molecule has 1 aromatic heterocycles. The number of hydrogen-bond acceptors (Lipinski definition) is 6. The molecule has 0 bridgehead atoms. The molecule has 1 aliphatic heterocycles. The Morgan fingerprint density at radius 3 is 2.55 bits per heavy atom. The number of fused-ring (bicyclic) bond motifs is 1. The molecule has 0 spiro atoms. The maximum atomic E-state index is 12.5. The van der Waals surface area contributed by atoms with Crippen LogP contribution < -0.4 is 19.8 Å². The fraction of sp³-hybridized carbons (Fsp3) is 0.273. The standard InChI is InChI=1S/C22H21Br2N3O4/c1-29-18-11-17(27-5-3-4-6-27)19(30-2)9-14(18)12-25-26-22(28)20-8-13-7-15(23)10-16(24)21(13)31-20/h7-12H,3-6H2,1-2H3,(H,26,28)/b25-12-. The zero-order valence-corrected chi connectivity index (χ0v) is 20.2. The minimum absolute atomic E-state index is 0.167. The van der Waals surface area contributed by atoms with Crippen molar-refractivity contribution in [3.05, 3.63) is 50.6 Å². The molecule has 2 heterocycles. The van der Waals surface area contributed by atoms with E-state index in [-0.39, 0.29) is 5.76 Å². The van der Waals surface area contributed by atoms with Crippen molar-refractivity contribution in [3.63, 3.8) is 0 Å². The Labute approximate surface area is 196 Å². The van der Waals surface area contributed by atoms with Gasteiger partial charge in [0.05, 0.1) is 30.6 Å². The van der Waals surface area contributed by atoms with E-state index in [1.54, 1.807) is 20.3 Å². The number of nitrogens with zero attached hydrogens (tertiary/aromatic N) is 2. The highest BCUT2D eigenvalue weighted by atomic mass is 79.9. The molecule has 0 radical (unpaired) electrons. The number of carbonyl (C=O) groups excluding carboxylic acids is 1. The summed E-state index contributed by atoms with van der Waals surface area (Å²) in [6.07, 6.45) is 3.86. The molecule has 3 aromatic rings.